The number of hydrogen-bond acceptors (Lipinski definition) is 3. The number of likely N-dealkylation sites (N-methyl/N-ethyl adjacent to an activating group) is 1. The molecule has 0 saturated heterocycles. The van der Waals surface area contributed by atoms with Gasteiger partial charge in [0.1, 0.15) is 0 Å². The van der Waals surface area contributed by atoms with Gasteiger partial charge in [0.05, 0.1) is 6.61 Å². The molecule has 0 aromatic carbocycles. The van der Waals surface area contributed by atoms with Gasteiger partial charge in [-0.2, -0.15) is 0 Å². The monoisotopic (exact) mass is 270 g/mol. The van der Waals surface area contributed by atoms with Crippen molar-refractivity contribution in [3.63, 3.8) is 0 Å². The third kappa shape index (κ3) is 6.24. The van der Waals surface area contributed by atoms with Crippen molar-refractivity contribution in [1.29, 1.82) is 0 Å². The first-order chi connectivity index (χ1) is 9.12. The highest BCUT2D eigenvalue weighted by atomic mass is 16.5. The number of hydrogen-bond donors (Lipinski definition) is 1. The number of ether oxygens (including phenoxy) is 1. The zero-order valence-corrected chi connectivity index (χ0v) is 13.5. The Morgan fingerprint density at radius 1 is 1.32 bits per heavy atom. The molecule has 0 aromatic rings. The van der Waals surface area contributed by atoms with Gasteiger partial charge < -0.3 is 15.0 Å². The summed E-state index contributed by atoms with van der Waals surface area (Å²) in [7, 11) is 4.02. The largest absolute Gasteiger partial charge is 0.383 e. The van der Waals surface area contributed by atoms with Crippen molar-refractivity contribution in [3.05, 3.63) is 0 Å². The number of rotatable bonds is 9. The molecule has 0 radical (unpaired) electrons. The van der Waals surface area contributed by atoms with E-state index in [2.05, 4.69) is 31.1 Å². The van der Waals surface area contributed by atoms with Crippen LogP contribution in [0.3, 0.4) is 0 Å². The maximum atomic E-state index is 5.19. The van der Waals surface area contributed by atoms with Crippen LogP contribution in [-0.2, 0) is 4.74 Å². The lowest BCUT2D eigenvalue weighted by molar-refractivity contribution is 0.0818. The van der Waals surface area contributed by atoms with Gasteiger partial charge in [-0.1, -0.05) is 26.7 Å². The van der Waals surface area contributed by atoms with E-state index >= 15 is 0 Å². The highest BCUT2D eigenvalue weighted by Crippen LogP contribution is 2.39. The minimum Gasteiger partial charge on any atom is -0.383 e. The van der Waals surface area contributed by atoms with Gasteiger partial charge in [0, 0.05) is 26.7 Å². The van der Waals surface area contributed by atoms with Crippen LogP contribution in [-0.4, -0.2) is 51.8 Å². The fourth-order valence-electron chi connectivity index (χ4n) is 3.19. The molecule has 114 valence electrons. The Hall–Kier alpha value is -0.120. The van der Waals surface area contributed by atoms with Crippen molar-refractivity contribution in [1.82, 2.24) is 10.2 Å². The normalized spacial score (nSPS) is 27.9. The Balaban J connectivity index is 2.48. The van der Waals surface area contributed by atoms with Gasteiger partial charge in [0.25, 0.3) is 0 Å². The first-order valence-corrected chi connectivity index (χ1v) is 8.00. The van der Waals surface area contributed by atoms with E-state index in [4.69, 9.17) is 4.74 Å². The number of nitrogens with one attached hydrogen (secondary N) is 1. The van der Waals surface area contributed by atoms with E-state index in [9.17, 15) is 0 Å². The summed E-state index contributed by atoms with van der Waals surface area (Å²) in [5, 5.41) is 3.66. The van der Waals surface area contributed by atoms with Gasteiger partial charge in [-0.3, -0.25) is 0 Å². The molecule has 0 atom stereocenters. The van der Waals surface area contributed by atoms with Crippen LogP contribution in [0.5, 0.6) is 0 Å². The van der Waals surface area contributed by atoms with Gasteiger partial charge in [-0.25, -0.2) is 0 Å². The second-order valence-corrected chi connectivity index (χ2v) is 6.59. The molecule has 0 amide bonds. The molecule has 19 heavy (non-hydrogen) atoms. The molecule has 0 unspecified atom stereocenters. The Morgan fingerprint density at radius 3 is 2.58 bits per heavy atom. The lowest BCUT2D eigenvalue weighted by Gasteiger charge is -2.42. The summed E-state index contributed by atoms with van der Waals surface area (Å²) in [6, 6.07) is 0. The molecule has 1 rings (SSSR count). The topological polar surface area (TPSA) is 24.5 Å². The first-order valence-electron chi connectivity index (χ1n) is 8.00. The summed E-state index contributed by atoms with van der Waals surface area (Å²) in [4.78, 5) is 2.45. The molecule has 3 nitrogen and oxygen atoms in total. The summed E-state index contributed by atoms with van der Waals surface area (Å²) in [5.41, 5.74) is 0.490. The van der Waals surface area contributed by atoms with E-state index in [1.807, 2.05) is 0 Å². The maximum Gasteiger partial charge on any atom is 0.0589 e. The SMILES string of the molecule is CCCNCC1(CN(C)CCOC)CCC(C)CC1. The predicted octanol–water partition coefficient (Wildman–Crippen LogP) is 2.76. The van der Waals surface area contributed by atoms with Crippen molar-refractivity contribution >= 4 is 0 Å². The van der Waals surface area contributed by atoms with E-state index in [1.165, 1.54) is 45.2 Å². The van der Waals surface area contributed by atoms with Crippen LogP contribution in [0.2, 0.25) is 0 Å². The second kappa shape index (κ2) is 8.93. The minimum atomic E-state index is 0.490. The summed E-state index contributed by atoms with van der Waals surface area (Å²) < 4.78 is 5.19. The number of nitrogens with zero attached hydrogens (tertiary/aromatic N) is 1. The molecule has 1 saturated carbocycles. The fourth-order valence-corrected chi connectivity index (χ4v) is 3.19. The first kappa shape index (κ1) is 16.9. The van der Waals surface area contributed by atoms with Crippen LogP contribution in [0, 0.1) is 11.3 Å². The second-order valence-electron chi connectivity index (χ2n) is 6.59. The van der Waals surface area contributed by atoms with Gasteiger partial charge in [-0.15, -0.1) is 0 Å². The van der Waals surface area contributed by atoms with Crippen molar-refractivity contribution in [3.8, 4) is 0 Å². The molecule has 1 aliphatic carbocycles. The van der Waals surface area contributed by atoms with Gasteiger partial charge in [-0.05, 0) is 44.2 Å². The van der Waals surface area contributed by atoms with Crippen molar-refractivity contribution < 1.29 is 4.74 Å². The molecule has 1 aliphatic rings. The van der Waals surface area contributed by atoms with E-state index < -0.39 is 0 Å². The van der Waals surface area contributed by atoms with Gasteiger partial charge in [0.2, 0.25) is 0 Å². The summed E-state index contributed by atoms with van der Waals surface area (Å²) >= 11 is 0. The zero-order chi connectivity index (χ0) is 14.1. The van der Waals surface area contributed by atoms with Crippen molar-refractivity contribution in [2.24, 2.45) is 11.3 Å². The standard InChI is InChI=1S/C16H34N2O/c1-5-10-17-13-16(8-6-15(2)7-9-16)14-18(3)11-12-19-4/h15,17H,5-14H2,1-4H3. The summed E-state index contributed by atoms with van der Waals surface area (Å²) in [6.07, 6.45) is 6.77. The predicted molar refractivity (Wildman–Crippen MR) is 82.6 cm³/mol. The molecule has 0 aliphatic heterocycles. The lowest BCUT2D eigenvalue weighted by Crippen LogP contribution is -2.46. The molecule has 0 bridgehead atoms. The Morgan fingerprint density at radius 2 is 2.00 bits per heavy atom. The van der Waals surface area contributed by atoms with Crippen LogP contribution >= 0.6 is 0 Å². The quantitative estimate of drug-likeness (QED) is 0.652. The van der Waals surface area contributed by atoms with Crippen LogP contribution in [0.1, 0.15) is 46.0 Å². The number of methoxy groups -OCH3 is 1. The third-order valence-electron chi connectivity index (χ3n) is 4.54. The molecule has 0 aromatic heterocycles. The maximum absolute atomic E-state index is 5.19. The molecular formula is C16H34N2O. The van der Waals surface area contributed by atoms with Crippen LogP contribution in [0.15, 0.2) is 0 Å². The van der Waals surface area contributed by atoms with Crippen molar-refractivity contribution in [2.75, 3.05) is 46.9 Å². The average molecular weight is 270 g/mol. The van der Waals surface area contributed by atoms with Crippen LogP contribution in [0.4, 0.5) is 0 Å². The Kier molecular flexibility index (Phi) is 7.96. The molecule has 0 heterocycles. The highest BCUT2D eigenvalue weighted by Gasteiger charge is 2.34. The molecule has 0 spiro atoms. The smallest absolute Gasteiger partial charge is 0.0589 e. The van der Waals surface area contributed by atoms with E-state index in [1.54, 1.807) is 7.11 Å². The average Bonchev–Trinajstić information content (AvgIpc) is 2.40. The molecule has 3 heteroatoms. The Labute approximate surface area is 120 Å². The molecule has 1 fully saturated rings. The summed E-state index contributed by atoms with van der Waals surface area (Å²) in [5.74, 6) is 0.920. The van der Waals surface area contributed by atoms with E-state index in [0.717, 1.165) is 25.6 Å². The highest BCUT2D eigenvalue weighted by molar-refractivity contribution is 4.88. The van der Waals surface area contributed by atoms with Gasteiger partial charge >= 0.3 is 0 Å². The van der Waals surface area contributed by atoms with Crippen LogP contribution < -0.4 is 5.32 Å². The summed E-state index contributed by atoms with van der Waals surface area (Å²) in [6.45, 7) is 10.1. The fraction of sp³-hybridized carbons (Fsp3) is 1.00. The molecular weight excluding hydrogens is 236 g/mol. The van der Waals surface area contributed by atoms with E-state index in [-0.39, 0.29) is 0 Å². The van der Waals surface area contributed by atoms with Crippen LogP contribution in [0.25, 0.3) is 0 Å². The van der Waals surface area contributed by atoms with E-state index in [0.29, 0.717) is 5.41 Å². The zero-order valence-electron chi connectivity index (χ0n) is 13.5. The Bertz CT molecular complexity index is 225. The molecule has 1 N–H and O–H groups in total. The lowest BCUT2D eigenvalue weighted by atomic mass is 9.70. The van der Waals surface area contributed by atoms with Gasteiger partial charge in [0.15, 0.2) is 0 Å². The minimum absolute atomic E-state index is 0.490. The third-order valence-corrected chi connectivity index (χ3v) is 4.54. The van der Waals surface area contributed by atoms with Crippen molar-refractivity contribution in [2.45, 2.75) is 46.0 Å².